The van der Waals surface area contributed by atoms with Crippen molar-refractivity contribution in [1.29, 1.82) is 0 Å². The maximum Gasteiger partial charge on any atom is 0.345 e. The van der Waals surface area contributed by atoms with Crippen LogP contribution in [-0.4, -0.2) is 27.1 Å². The first-order valence-electron chi connectivity index (χ1n) is 4.05. The minimum atomic E-state index is -0.0481. The van der Waals surface area contributed by atoms with E-state index in [1.165, 1.54) is 4.68 Å². The van der Waals surface area contributed by atoms with Gasteiger partial charge in [-0.25, -0.2) is 9.48 Å². The summed E-state index contributed by atoms with van der Waals surface area (Å²) in [6.45, 7) is 3.93. The summed E-state index contributed by atoms with van der Waals surface area (Å²) in [6, 6.07) is 0. The molecule has 0 saturated carbocycles. The van der Waals surface area contributed by atoms with Crippen molar-refractivity contribution < 1.29 is 4.74 Å². The zero-order chi connectivity index (χ0) is 8.55. The van der Waals surface area contributed by atoms with E-state index in [1.807, 2.05) is 6.92 Å². The lowest BCUT2D eigenvalue weighted by molar-refractivity contribution is 0.369. The van der Waals surface area contributed by atoms with Gasteiger partial charge in [-0.05, 0) is 6.92 Å². The fourth-order valence-corrected chi connectivity index (χ4v) is 1.08. The Bertz CT molecular complexity index is 324. The molecular weight excluding hydrogens is 158 g/mol. The van der Waals surface area contributed by atoms with Gasteiger partial charge in [0.25, 0.3) is 0 Å². The molecule has 1 atom stereocenters. The molecular formula is C7H11N3O2. The zero-order valence-electron chi connectivity index (χ0n) is 6.93. The first-order chi connectivity index (χ1) is 5.81. The highest BCUT2D eigenvalue weighted by atomic mass is 16.6. The van der Waals surface area contributed by atoms with E-state index >= 15 is 0 Å². The van der Waals surface area contributed by atoms with E-state index in [1.54, 1.807) is 10.9 Å². The monoisotopic (exact) mass is 169 g/mol. The van der Waals surface area contributed by atoms with E-state index in [0.29, 0.717) is 13.1 Å². The van der Waals surface area contributed by atoms with Crippen LogP contribution in [0.1, 0.15) is 6.92 Å². The fourth-order valence-electron chi connectivity index (χ4n) is 1.08. The Kier molecular flexibility index (Phi) is 1.73. The number of nitrogens with zero attached hydrogens (tertiary/aromatic N) is 3. The Morgan fingerprint density at radius 1 is 1.83 bits per heavy atom. The predicted octanol–water partition coefficient (Wildman–Crippen LogP) is -0.536. The number of ether oxygens (including phenoxy) is 1. The third-order valence-corrected chi connectivity index (χ3v) is 1.92. The van der Waals surface area contributed by atoms with Crippen molar-refractivity contribution in [1.82, 2.24) is 14.3 Å². The third-order valence-electron chi connectivity index (χ3n) is 1.92. The normalized spacial score (nSPS) is 21.2. The van der Waals surface area contributed by atoms with E-state index in [2.05, 4.69) is 5.10 Å². The van der Waals surface area contributed by atoms with E-state index in [9.17, 15) is 4.79 Å². The molecule has 12 heavy (non-hydrogen) atoms. The molecule has 0 radical (unpaired) electrons. The summed E-state index contributed by atoms with van der Waals surface area (Å²) in [5.41, 5.74) is -0.0481. The van der Waals surface area contributed by atoms with Crippen molar-refractivity contribution in [2.75, 3.05) is 6.61 Å². The summed E-state index contributed by atoms with van der Waals surface area (Å²) >= 11 is 0. The maximum atomic E-state index is 11.4. The lowest BCUT2D eigenvalue weighted by atomic mass is 10.5. The average Bonchev–Trinajstić information content (AvgIpc) is 2.80. The van der Waals surface area contributed by atoms with Crippen LogP contribution in [0.25, 0.3) is 0 Å². The maximum absolute atomic E-state index is 11.4. The van der Waals surface area contributed by atoms with Gasteiger partial charge in [0.15, 0.2) is 0 Å². The van der Waals surface area contributed by atoms with Crippen molar-refractivity contribution in [3.8, 4) is 0 Å². The van der Waals surface area contributed by atoms with Crippen molar-refractivity contribution in [2.24, 2.45) is 0 Å². The summed E-state index contributed by atoms with van der Waals surface area (Å²) in [5.74, 6) is 0. The van der Waals surface area contributed by atoms with Crippen LogP contribution >= 0.6 is 0 Å². The van der Waals surface area contributed by atoms with Crippen LogP contribution in [0.3, 0.4) is 0 Å². The lowest BCUT2D eigenvalue weighted by Crippen LogP contribution is -2.26. The van der Waals surface area contributed by atoms with Crippen LogP contribution in [0, 0.1) is 0 Å². The standard InChI is InChI=1S/C7H11N3O2/c1-2-9-5-8-10(7(9)11)3-6-4-12-6/h5-6H,2-4H2,1H3. The molecule has 1 aliphatic rings. The number of epoxide rings is 1. The van der Waals surface area contributed by atoms with Crippen molar-refractivity contribution in [2.45, 2.75) is 26.1 Å². The summed E-state index contributed by atoms with van der Waals surface area (Å²) in [7, 11) is 0. The van der Waals surface area contributed by atoms with Crippen molar-refractivity contribution >= 4 is 0 Å². The highest BCUT2D eigenvalue weighted by molar-refractivity contribution is 4.73. The van der Waals surface area contributed by atoms with Gasteiger partial charge >= 0.3 is 5.69 Å². The molecule has 1 aliphatic heterocycles. The van der Waals surface area contributed by atoms with Crippen LogP contribution in [0.15, 0.2) is 11.1 Å². The van der Waals surface area contributed by atoms with Gasteiger partial charge in [-0.2, -0.15) is 5.10 Å². The van der Waals surface area contributed by atoms with Gasteiger partial charge in [0, 0.05) is 6.54 Å². The second kappa shape index (κ2) is 2.75. The lowest BCUT2D eigenvalue weighted by Gasteiger charge is -1.93. The topological polar surface area (TPSA) is 52.4 Å². The molecule has 2 rings (SSSR count). The zero-order valence-corrected chi connectivity index (χ0v) is 6.93. The second-order valence-electron chi connectivity index (χ2n) is 2.84. The molecule has 0 aromatic carbocycles. The van der Waals surface area contributed by atoms with Gasteiger partial charge < -0.3 is 4.74 Å². The minimum Gasteiger partial charge on any atom is -0.371 e. The molecule has 66 valence electrons. The number of aryl methyl sites for hydroxylation is 1. The predicted molar refractivity (Wildman–Crippen MR) is 41.9 cm³/mol. The fraction of sp³-hybridized carbons (Fsp3) is 0.714. The third kappa shape index (κ3) is 1.27. The number of aromatic nitrogens is 3. The van der Waals surface area contributed by atoms with E-state index < -0.39 is 0 Å². The van der Waals surface area contributed by atoms with Crippen LogP contribution in [0.2, 0.25) is 0 Å². The van der Waals surface area contributed by atoms with Crippen molar-refractivity contribution in [3.05, 3.63) is 16.8 Å². The molecule has 1 aromatic rings. The highest BCUT2D eigenvalue weighted by Crippen LogP contribution is 2.09. The van der Waals surface area contributed by atoms with Gasteiger partial charge in [0.05, 0.1) is 13.2 Å². The molecule has 0 aliphatic carbocycles. The number of hydrogen-bond donors (Lipinski definition) is 0. The molecule has 2 heterocycles. The Morgan fingerprint density at radius 2 is 2.58 bits per heavy atom. The molecule has 1 aromatic heterocycles. The number of rotatable bonds is 3. The van der Waals surface area contributed by atoms with Crippen LogP contribution < -0.4 is 5.69 Å². The molecule has 1 unspecified atom stereocenters. The van der Waals surface area contributed by atoms with Crippen LogP contribution in [-0.2, 0) is 17.8 Å². The largest absolute Gasteiger partial charge is 0.371 e. The average molecular weight is 169 g/mol. The Labute approximate surface area is 69.6 Å². The molecule has 0 bridgehead atoms. The summed E-state index contributed by atoms with van der Waals surface area (Å²) in [4.78, 5) is 11.4. The molecule has 5 heteroatoms. The second-order valence-corrected chi connectivity index (χ2v) is 2.84. The molecule has 5 nitrogen and oxygen atoms in total. The Balaban J connectivity index is 2.19. The van der Waals surface area contributed by atoms with E-state index in [-0.39, 0.29) is 11.8 Å². The molecule has 1 fully saturated rings. The molecule has 0 amide bonds. The molecule has 1 saturated heterocycles. The van der Waals surface area contributed by atoms with Crippen LogP contribution in [0.4, 0.5) is 0 Å². The molecule has 0 N–H and O–H groups in total. The van der Waals surface area contributed by atoms with Crippen LogP contribution in [0.5, 0.6) is 0 Å². The van der Waals surface area contributed by atoms with Gasteiger partial charge in [0.1, 0.15) is 12.4 Å². The summed E-state index contributed by atoms with van der Waals surface area (Å²) in [6.07, 6.45) is 1.77. The SMILES string of the molecule is CCn1cnn(CC2CO2)c1=O. The van der Waals surface area contributed by atoms with Gasteiger partial charge in [-0.15, -0.1) is 0 Å². The Morgan fingerprint density at radius 3 is 3.08 bits per heavy atom. The first-order valence-corrected chi connectivity index (χ1v) is 4.05. The van der Waals surface area contributed by atoms with Crippen molar-refractivity contribution in [3.63, 3.8) is 0 Å². The van der Waals surface area contributed by atoms with Gasteiger partial charge in [0.2, 0.25) is 0 Å². The first kappa shape index (κ1) is 7.54. The summed E-state index contributed by atoms with van der Waals surface area (Å²) in [5, 5.41) is 3.95. The summed E-state index contributed by atoms with van der Waals surface area (Å²) < 4.78 is 8.02. The van der Waals surface area contributed by atoms with E-state index in [4.69, 9.17) is 4.74 Å². The number of hydrogen-bond acceptors (Lipinski definition) is 3. The van der Waals surface area contributed by atoms with Gasteiger partial charge in [-0.3, -0.25) is 4.57 Å². The Hall–Kier alpha value is -1.10. The minimum absolute atomic E-state index is 0.0481. The van der Waals surface area contributed by atoms with Gasteiger partial charge in [-0.1, -0.05) is 0 Å². The van der Waals surface area contributed by atoms with E-state index in [0.717, 1.165) is 6.61 Å². The highest BCUT2D eigenvalue weighted by Gasteiger charge is 2.24. The quantitative estimate of drug-likeness (QED) is 0.571. The molecule has 0 spiro atoms. The smallest absolute Gasteiger partial charge is 0.345 e.